The highest BCUT2D eigenvalue weighted by Gasteiger charge is 2.22. The van der Waals surface area contributed by atoms with Crippen LogP contribution in [-0.2, 0) is 4.74 Å². The number of fused-ring (bicyclic) bond motifs is 8. The van der Waals surface area contributed by atoms with Crippen LogP contribution in [0.5, 0.6) is 0 Å². The van der Waals surface area contributed by atoms with E-state index in [1.807, 2.05) is 0 Å². The molecular formula is C32H36N4O. The second kappa shape index (κ2) is 10.5. The zero-order valence-corrected chi connectivity index (χ0v) is 21.9. The van der Waals surface area contributed by atoms with Crippen molar-refractivity contribution < 1.29 is 4.74 Å². The molecule has 5 heteroatoms. The molecule has 6 rings (SSSR count). The van der Waals surface area contributed by atoms with Crippen molar-refractivity contribution in [1.82, 2.24) is 19.9 Å². The summed E-state index contributed by atoms with van der Waals surface area (Å²) in [6, 6.07) is 13.1. The molecule has 0 radical (unpaired) electrons. The number of H-pyrrole nitrogens is 2. The highest BCUT2D eigenvalue weighted by molar-refractivity contribution is 5.81. The third kappa shape index (κ3) is 4.93. The zero-order valence-electron chi connectivity index (χ0n) is 21.9. The van der Waals surface area contributed by atoms with Gasteiger partial charge in [-0.05, 0) is 98.2 Å². The Labute approximate surface area is 218 Å². The molecule has 0 spiro atoms. The summed E-state index contributed by atoms with van der Waals surface area (Å²) >= 11 is 0. The monoisotopic (exact) mass is 492 g/mol. The van der Waals surface area contributed by atoms with Crippen molar-refractivity contribution in [3.63, 3.8) is 0 Å². The van der Waals surface area contributed by atoms with E-state index in [4.69, 9.17) is 14.7 Å². The van der Waals surface area contributed by atoms with Crippen LogP contribution in [0.2, 0.25) is 0 Å². The van der Waals surface area contributed by atoms with Gasteiger partial charge in [-0.25, -0.2) is 9.97 Å². The van der Waals surface area contributed by atoms with Gasteiger partial charge in [0.2, 0.25) is 0 Å². The number of aromatic amines is 2. The second-order valence-electron chi connectivity index (χ2n) is 10.4. The summed E-state index contributed by atoms with van der Waals surface area (Å²) in [7, 11) is 0. The highest BCUT2D eigenvalue weighted by atomic mass is 16.5. The lowest BCUT2D eigenvalue weighted by atomic mass is 9.89. The van der Waals surface area contributed by atoms with E-state index < -0.39 is 0 Å². The third-order valence-corrected chi connectivity index (χ3v) is 7.79. The lowest BCUT2D eigenvalue weighted by Gasteiger charge is -2.23. The molecular weight excluding hydrogens is 456 g/mol. The van der Waals surface area contributed by atoms with Gasteiger partial charge in [-0.15, -0.1) is 0 Å². The van der Waals surface area contributed by atoms with Crippen molar-refractivity contribution in [2.45, 2.75) is 64.2 Å². The highest BCUT2D eigenvalue weighted by Crippen LogP contribution is 2.35. The molecule has 0 amide bonds. The number of rotatable bonds is 6. The van der Waals surface area contributed by atoms with Crippen molar-refractivity contribution in [2.75, 3.05) is 13.2 Å². The van der Waals surface area contributed by atoms with Gasteiger partial charge in [0.15, 0.2) is 0 Å². The minimum absolute atomic E-state index is 0.425. The predicted molar refractivity (Wildman–Crippen MR) is 154 cm³/mol. The Morgan fingerprint density at radius 3 is 2.05 bits per heavy atom. The van der Waals surface area contributed by atoms with Crippen LogP contribution in [0.25, 0.3) is 46.4 Å². The standard InChI is InChI=1S/C32H36N4O/c1-3-5-21(6-4-2)31-27-11-7-23(33-27)19-25-9-13-29(35-25)32(22-15-17-37-18-16-22)30-14-10-26(36-30)20-24-8-12-28(31)34-24/h7-14,19-22,33,36H,3-6,15-18H2,1-2H3. The minimum Gasteiger partial charge on any atom is -0.381 e. The SMILES string of the molecule is CCCC(CCC)c1c2nc(cc3ccc([nH]3)c(C3CCOCC3)c3nc(cc4ccc1[nH]4)C=C3)C=C2. The number of aromatic nitrogens is 4. The minimum atomic E-state index is 0.425. The normalized spacial score (nSPS) is 15.6. The maximum Gasteiger partial charge on any atom is 0.0693 e. The molecule has 0 aromatic carbocycles. The van der Waals surface area contributed by atoms with Crippen molar-refractivity contribution >= 4 is 46.4 Å². The number of nitrogens with one attached hydrogen (secondary N) is 2. The number of hydrogen-bond donors (Lipinski definition) is 2. The predicted octanol–water partition coefficient (Wildman–Crippen LogP) is 8.23. The average molecular weight is 493 g/mol. The van der Waals surface area contributed by atoms with Gasteiger partial charge in [-0.2, -0.15) is 0 Å². The summed E-state index contributed by atoms with van der Waals surface area (Å²) in [6.45, 7) is 6.15. The molecule has 0 saturated carbocycles. The van der Waals surface area contributed by atoms with E-state index in [1.54, 1.807) is 0 Å². The summed E-state index contributed by atoms with van der Waals surface area (Å²) in [5.41, 5.74) is 11.2. The molecule has 3 aromatic rings. The summed E-state index contributed by atoms with van der Waals surface area (Å²) < 4.78 is 5.67. The lowest BCUT2D eigenvalue weighted by molar-refractivity contribution is 0.0855. The molecule has 0 atom stereocenters. The van der Waals surface area contributed by atoms with Crippen LogP contribution >= 0.6 is 0 Å². The Kier molecular flexibility index (Phi) is 6.79. The number of hydrogen-bond acceptors (Lipinski definition) is 3. The molecule has 3 aromatic heterocycles. The van der Waals surface area contributed by atoms with Gasteiger partial charge in [-0.1, -0.05) is 26.7 Å². The van der Waals surface area contributed by atoms with Gasteiger partial charge in [0, 0.05) is 46.4 Å². The molecule has 3 aliphatic rings. The molecule has 8 bridgehead atoms. The summed E-state index contributed by atoms with van der Waals surface area (Å²) in [4.78, 5) is 17.6. The van der Waals surface area contributed by atoms with E-state index in [-0.39, 0.29) is 0 Å². The van der Waals surface area contributed by atoms with Gasteiger partial charge < -0.3 is 14.7 Å². The fourth-order valence-corrected chi connectivity index (χ4v) is 6.09. The maximum atomic E-state index is 5.67. The summed E-state index contributed by atoms with van der Waals surface area (Å²) in [6.07, 6.45) is 15.3. The molecule has 1 fully saturated rings. The molecule has 1 saturated heterocycles. The Bertz CT molecular complexity index is 1490. The van der Waals surface area contributed by atoms with E-state index in [9.17, 15) is 0 Å². The van der Waals surface area contributed by atoms with Crippen LogP contribution in [0.4, 0.5) is 0 Å². The molecule has 5 nitrogen and oxygen atoms in total. The van der Waals surface area contributed by atoms with Crippen LogP contribution in [-0.4, -0.2) is 33.1 Å². The van der Waals surface area contributed by atoms with Gasteiger partial charge in [0.25, 0.3) is 0 Å². The van der Waals surface area contributed by atoms with Crippen LogP contribution in [0.15, 0.2) is 36.4 Å². The number of ether oxygens (including phenoxy) is 1. The van der Waals surface area contributed by atoms with Gasteiger partial charge in [0.1, 0.15) is 0 Å². The molecule has 6 heterocycles. The first-order chi connectivity index (χ1) is 18.2. The van der Waals surface area contributed by atoms with Crippen LogP contribution in [0.1, 0.15) is 98.1 Å². The smallest absolute Gasteiger partial charge is 0.0693 e. The Hall–Kier alpha value is -3.44. The first-order valence-electron chi connectivity index (χ1n) is 13.9. The van der Waals surface area contributed by atoms with Crippen molar-refractivity contribution in [1.29, 1.82) is 0 Å². The van der Waals surface area contributed by atoms with E-state index in [1.165, 1.54) is 16.6 Å². The van der Waals surface area contributed by atoms with E-state index in [0.29, 0.717) is 11.8 Å². The average Bonchev–Trinajstić information content (AvgIpc) is 3.71. The van der Waals surface area contributed by atoms with Crippen molar-refractivity contribution in [3.8, 4) is 0 Å². The molecule has 0 unspecified atom stereocenters. The van der Waals surface area contributed by atoms with E-state index in [2.05, 4.69) is 84.5 Å². The fraction of sp³-hybridized carbons (Fsp3) is 0.375. The Balaban J connectivity index is 1.63. The van der Waals surface area contributed by atoms with Gasteiger partial charge in [-0.3, -0.25) is 0 Å². The summed E-state index contributed by atoms with van der Waals surface area (Å²) in [5, 5.41) is 0. The first kappa shape index (κ1) is 23.9. The van der Waals surface area contributed by atoms with Gasteiger partial charge in [0.05, 0.1) is 22.8 Å². The molecule has 3 aliphatic heterocycles. The largest absolute Gasteiger partial charge is 0.381 e. The Morgan fingerprint density at radius 2 is 1.38 bits per heavy atom. The van der Waals surface area contributed by atoms with E-state index in [0.717, 1.165) is 91.1 Å². The third-order valence-electron chi connectivity index (χ3n) is 7.79. The van der Waals surface area contributed by atoms with Crippen LogP contribution in [0.3, 0.4) is 0 Å². The first-order valence-corrected chi connectivity index (χ1v) is 13.9. The molecule has 37 heavy (non-hydrogen) atoms. The quantitative estimate of drug-likeness (QED) is 0.251. The van der Waals surface area contributed by atoms with Crippen LogP contribution in [0, 0.1) is 0 Å². The van der Waals surface area contributed by atoms with Gasteiger partial charge >= 0.3 is 0 Å². The van der Waals surface area contributed by atoms with Crippen molar-refractivity contribution in [3.05, 3.63) is 70.3 Å². The maximum absolute atomic E-state index is 5.67. The fourth-order valence-electron chi connectivity index (χ4n) is 6.09. The lowest BCUT2D eigenvalue weighted by Crippen LogP contribution is -2.15. The van der Waals surface area contributed by atoms with Crippen LogP contribution < -0.4 is 0 Å². The van der Waals surface area contributed by atoms with E-state index >= 15 is 0 Å². The number of nitrogens with zero attached hydrogens (tertiary/aromatic N) is 2. The molecule has 190 valence electrons. The summed E-state index contributed by atoms with van der Waals surface area (Å²) in [5.74, 6) is 0.898. The molecule has 0 aliphatic carbocycles. The van der Waals surface area contributed by atoms with Crippen molar-refractivity contribution in [2.24, 2.45) is 0 Å². The second-order valence-corrected chi connectivity index (χ2v) is 10.4. The zero-order chi connectivity index (χ0) is 25.2. The topological polar surface area (TPSA) is 66.6 Å². The molecule has 2 N–H and O–H groups in total. The Morgan fingerprint density at radius 1 is 0.784 bits per heavy atom.